The van der Waals surface area contributed by atoms with Gasteiger partial charge in [0.15, 0.2) is 0 Å². The van der Waals surface area contributed by atoms with Gasteiger partial charge >= 0.3 is 0 Å². The largest absolute Gasteiger partial charge is 0.507 e. The van der Waals surface area contributed by atoms with E-state index in [1.165, 1.54) is 0 Å². The summed E-state index contributed by atoms with van der Waals surface area (Å²) in [4.78, 5) is 4.74. The van der Waals surface area contributed by atoms with Crippen molar-refractivity contribution in [2.75, 3.05) is 14.2 Å². The summed E-state index contributed by atoms with van der Waals surface area (Å²) in [6.07, 6.45) is 1.70. The van der Waals surface area contributed by atoms with Crippen molar-refractivity contribution in [2.24, 2.45) is 4.99 Å². The highest BCUT2D eigenvalue weighted by Crippen LogP contribution is 2.29. The van der Waals surface area contributed by atoms with Gasteiger partial charge in [0.2, 0.25) is 0 Å². The van der Waals surface area contributed by atoms with E-state index in [0.717, 1.165) is 22.6 Å². The van der Waals surface area contributed by atoms with Crippen molar-refractivity contribution in [1.82, 2.24) is 0 Å². The van der Waals surface area contributed by atoms with E-state index in [-0.39, 0.29) is 11.8 Å². The van der Waals surface area contributed by atoms with Crippen LogP contribution in [0.4, 0.5) is 0 Å². The second-order valence-electron chi connectivity index (χ2n) is 5.79. The van der Waals surface area contributed by atoms with E-state index in [1.54, 1.807) is 32.6 Å². The van der Waals surface area contributed by atoms with Crippen LogP contribution in [-0.2, 0) is 0 Å². The fourth-order valence-corrected chi connectivity index (χ4v) is 2.69. The normalized spacial score (nSPS) is 11.0. The minimum Gasteiger partial charge on any atom is -0.507 e. The number of benzene rings is 3. The smallest absolute Gasteiger partial charge is 0.124 e. The number of phenols is 1. The Kier molecular flexibility index (Phi) is 5.54. The van der Waals surface area contributed by atoms with Gasteiger partial charge in [-0.2, -0.15) is 0 Å². The molecule has 0 saturated heterocycles. The fraction of sp³-hybridized carbons (Fsp3) is 0.136. The van der Waals surface area contributed by atoms with E-state index in [9.17, 15) is 5.11 Å². The van der Waals surface area contributed by atoms with Crippen molar-refractivity contribution in [3.8, 4) is 17.2 Å². The standard InChI is InChI=1S/C22H21NO3/c1-25-19-11-7-16(8-12-19)22(17-9-13-20(26-2)14-10-17)23-15-18-5-3-4-6-21(18)24/h3-15,22,24H,1-2H3. The topological polar surface area (TPSA) is 51.0 Å². The molecule has 0 radical (unpaired) electrons. The summed E-state index contributed by atoms with van der Waals surface area (Å²) in [5, 5.41) is 9.98. The molecule has 0 aromatic heterocycles. The Hall–Kier alpha value is -3.27. The highest BCUT2D eigenvalue weighted by atomic mass is 16.5. The second-order valence-corrected chi connectivity index (χ2v) is 5.79. The molecule has 0 saturated carbocycles. The maximum absolute atomic E-state index is 9.98. The predicted octanol–water partition coefficient (Wildman–Crippen LogP) is 4.62. The molecule has 0 spiro atoms. The Balaban J connectivity index is 1.98. The third-order valence-electron chi connectivity index (χ3n) is 4.16. The van der Waals surface area contributed by atoms with Crippen LogP contribution in [-0.4, -0.2) is 25.5 Å². The van der Waals surface area contributed by atoms with Gasteiger partial charge in [-0.1, -0.05) is 36.4 Å². The third-order valence-corrected chi connectivity index (χ3v) is 4.16. The van der Waals surface area contributed by atoms with Crippen LogP contribution in [0.5, 0.6) is 17.2 Å². The zero-order valence-electron chi connectivity index (χ0n) is 14.8. The van der Waals surface area contributed by atoms with E-state index in [4.69, 9.17) is 14.5 Å². The highest BCUT2D eigenvalue weighted by Gasteiger charge is 2.13. The van der Waals surface area contributed by atoms with E-state index >= 15 is 0 Å². The van der Waals surface area contributed by atoms with Gasteiger partial charge in [-0.05, 0) is 47.5 Å². The minimum atomic E-state index is -0.202. The number of aliphatic imine (C=N–C) groups is 1. The molecular formula is C22H21NO3. The van der Waals surface area contributed by atoms with Crippen LogP contribution in [0.25, 0.3) is 0 Å². The molecule has 3 rings (SSSR count). The zero-order valence-corrected chi connectivity index (χ0v) is 14.8. The van der Waals surface area contributed by atoms with Gasteiger partial charge in [0, 0.05) is 11.8 Å². The lowest BCUT2D eigenvalue weighted by atomic mass is 9.99. The SMILES string of the molecule is COc1ccc(C(N=Cc2ccccc2O)c2ccc(OC)cc2)cc1. The summed E-state index contributed by atoms with van der Waals surface area (Å²) < 4.78 is 10.5. The molecule has 0 atom stereocenters. The summed E-state index contributed by atoms with van der Waals surface area (Å²) >= 11 is 0. The fourth-order valence-electron chi connectivity index (χ4n) is 2.69. The number of para-hydroxylation sites is 1. The number of methoxy groups -OCH3 is 2. The van der Waals surface area contributed by atoms with E-state index in [2.05, 4.69) is 0 Å². The predicted molar refractivity (Wildman–Crippen MR) is 104 cm³/mol. The van der Waals surface area contributed by atoms with Gasteiger partial charge in [-0.25, -0.2) is 0 Å². The first-order valence-electron chi connectivity index (χ1n) is 8.30. The monoisotopic (exact) mass is 347 g/mol. The summed E-state index contributed by atoms with van der Waals surface area (Å²) in [7, 11) is 3.29. The molecule has 4 heteroatoms. The number of nitrogens with zero attached hydrogens (tertiary/aromatic N) is 1. The Bertz CT molecular complexity index is 823. The van der Waals surface area contributed by atoms with Crippen LogP contribution < -0.4 is 9.47 Å². The average molecular weight is 347 g/mol. The molecule has 0 amide bonds. The van der Waals surface area contributed by atoms with E-state index in [0.29, 0.717) is 5.56 Å². The lowest BCUT2D eigenvalue weighted by Crippen LogP contribution is -2.00. The lowest BCUT2D eigenvalue weighted by molar-refractivity contribution is 0.414. The van der Waals surface area contributed by atoms with Crippen molar-refractivity contribution < 1.29 is 14.6 Å². The van der Waals surface area contributed by atoms with E-state index in [1.807, 2.05) is 60.7 Å². The summed E-state index contributed by atoms with van der Waals surface area (Å²) in [5.41, 5.74) is 2.74. The molecule has 3 aromatic rings. The number of hydrogen-bond donors (Lipinski definition) is 1. The second kappa shape index (κ2) is 8.21. The first-order chi connectivity index (χ1) is 12.7. The maximum atomic E-state index is 9.98. The molecule has 0 aliphatic carbocycles. The van der Waals surface area contributed by atoms with Gasteiger partial charge < -0.3 is 14.6 Å². The summed E-state index contributed by atoms with van der Waals surface area (Å²) in [6.45, 7) is 0. The summed E-state index contributed by atoms with van der Waals surface area (Å²) in [5.74, 6) is 1.80. The van der Waals surface area contributed by atoms with Crippen molar-refractivity contribution in [3.63, 3.8) is 0 Å². The van der Waals surface area contributed by atoms with E-state index < -0.39 is 0 Å². The summed E-state index contributed by atoms with van der Waals surface area (Å²) in [6, 6.07) is 22.6. The van der Waals surface area contributed by atoms with Gasteiger partial charge in [0.05, 0.1) is 20.3 Å². The Labute approximate surface area is 153 Å². The quantitative estimate of drug-likeness (QED) is 0.662. The molecule has 26 heavy (non-hydrogen) atoms. The number of phenolic OH excluding ortho intramolecular Hbond substituents is 1. The molecule has 0 aliphatic rings. The van der Waals surface area contributed by atoms with Crippen LogP contribution in [0, 0.1) is 0 Å². The molecule has 0 unspecified atom stereocenters. The molecule has 3 aromatic carbocycles. The highest BCUT2D eigenvalue weighted by molar-refractivity contribution is 5.83. The van der Waals surface area contributed by atoms with Crippen molar-refractivity contribution >= 4 is 6.21 Å². The lowest BCUT2D eigenvalue weighted by Gasteiger charge is -2.15. The number of rotatable bonds is 6. The Morgan fingerprint density at radius 3 is 1.73 bits per heavy atom. The minimum absolute atomic E-state index is 0.202. The van der Waals surface area contributed by atoms with Crippen molar-refractivity contribution in [3.05, 3.63) is 89.5 Å². The maximum Gasteiger partial charge on any atom is 0.124 e. The molecule has 1 N–H and O–H groups in total. The third kappa shape index (κ3) is 4.03. The Morgan fingerprint density at radius 2 is 1.27 bits per heavy atom. The van der Waals surface area contributed by atoms with Crippen LogP contribution in [0.2, 0.25) is 0 Å². The molecule has 132 valence electrons. The molecule has 0 aliphatic heterocycles. The molecular weight excluding hydrogens is 326 g/mol. The van der Waals surface area contributed by atoms with Gasteiger partial charge in [-0.3, -0.25) is 4.99 Å². The number of ether oxygens (including phenoxy) is 2. The van der Waals surface area contributed by atoms with Gasteiger partial charge in [0.1, 0.15) is 17.2 Å². The molecule has 0 heterocycles. The van der Waals surface area contributed by atoms with Crippen molar-refractivity contribution in [1.29, 1.82) is 0 Å². The zero-order chi connectivity index (χ0) is 18.4. The number of aromatic hydroxyl groups is 1. The first-order valence-corrected chi connectivity index (χ1v) is 8.30. The first kappa shape index (κ1) is 17.5. The van der Waals surface area contributed by atoms with Crippen molar-refractivity contribution in [2.45, 2.75) is 6.04 Å². The van der Waals surface area contributed by atoms with Gasteiger partial charge in [0.25, 0.3) is 0 Å². The molecule has 4 nitrogen and oxygen atoms in total. The van der Waals surface area contributed by atoms with Crippen LogP contribution >= 0.6 is 0 Å². The van der Waals surface area contributed by atoms with Gasteiger partial charge in [-0.15, -0.1) is 0 Å². The van der Waals surface area contributed by atoms with Crippen LogP contribution in [0.1, 0.15) is 22.7 Å². The number of hydrogen-bond acceptors (Lipinski definition) is 4. The molecule has 0 fully saturated rings. The Morgan fingerprint density at radius 1 is 0.769 bits per heavy atom. The average Bonchev–Trinajstić information content (AvgIpc) is 2.70. The van der Waals surface area contributed by atoms with Crippen LogP contribution in [0.3, 0.4) is 0 Å². The molecule has 0 bridgehead atoms. The van der Waals surface area contributed by atoms with Crippen LogP contribution in [0.15, 0.2) is 77.8 Å².